The fourth-order valence-corrected chi connectivity index (χ4v) is 2.71. The summed E-state index contributed by atoms with van der Waals surface area (Å²) in [5.41, 5.74) is 0.713. The van der Waals surface area contributed by atoms with Crippen LogP contribution in [0.25, 0.3) is 0 Å². The first-order valence-electron chi connectivity index (χ1n) is 7.50. The van der Waals surface area contributed by atoms with Gasteiger partial charge in [-0.25, -0.2) is 0 Å². The summed E-state index contributed by atoms with van der Waals surface area (Å²) in [4.78, 5) is 14.1. The Hall–Kier alpha value is -1.35. The average molecular weight is 275 g/mol. The van der Waals surface area contributed by atoms with E-state index in [0.29, 0.717) is 12.3 Å². The van der Waals surface area contributed by atoms with E-state index >= 15 is 0 Å². The van der Waals surface area contributed by atoms with Gasteiger partial charge >= 0.3 is 5.97 Å². The van der Waals surface area contributed by atoms with Gasteiger partial charge in [-0.2, -0.15) is 0 Å². The summed E-state index contributed by atoms with van der Waals surface area (Å²) >= 11 is 0. The number of rotatable bonds is 7. The van der Waals surface area contributed by atoms with Crippen molar-refractivity contribution in [2.75, 3.05) is 20.6 Å². The number of esters is 1. The fourth-order valence-electron chi connectivity index (χ4n) is 2.71. The van der Waals surface area contributed by atoms with Crippen molar-refractivity contribution in [2.24, 2.45) is 5.92 Å². The summed E-state index contributed by atoms with van der Waals surface area (Å²) in [5.74, 6) is 0.375. The smallest absolute Gasteiger partial charge is 0.306 e. The number of carbonyl (C=O) groups is 1. The van der Waals surface area contributed by atoms with Gasteiger partial charge in [-0.05, 0) is 32.5 Å². The van der Waals surface area contributed by atoms with E-state index in [-0.39, 0.29) is 5.97 Å². The molecule has 0 amide bonds. The van der Waals surface area contributed by atoms with Crippen LogP contribution in [0.2, 0.25) is 0 Å². The van der Waals surface area contributed by atoms with E-state index in [1.807, 2.05) is 25.1 Å². The highest BCUT2D eigenvalue weighted by molar-refractivity contribution is 5.69. The highest BCUT2D eigenvalue weighted by Gasteiger charge is 2.49. The fraction of sp³-hybridized carbons (Fsp3) is 0.588. The largest absolute Gasteiger partial charge is 0.454 e. The van der Waals surface area contributed by atoms with E-state index < -0.39 is 5.60 Å². The number of benzene rings is 1. The van der Waals surface area contributed by atoms with Crippen LogP contribution in [0.3, 0.4) is 0 Å². The Labute approximate surface area is 121 Å². The Kier molecular flexibility index (Phi) is 4.81. The summed E-state index contributed by atoms with van der Waals surface area (Å²) in [5, 5.41) is 0. The normalized spacial score (nSPS) is 17.8. The van der Waals surface area contributed by atoms with Crippen molar-refractivity contribution in [1.82, 2.24) is 4.90 Å². The van der Waals surface area contributed by atoms with Gasteiger partial charge in [0.1, 0.15) is 5.60 Å². The third-order valence-electron chi connectivity index (χ3n) is 4.01. The zero-order valence-corrected chi connectivity index (χ0v) is 12.8. The van der Waals surface area contributed by atoms with E-state index in [1.165, 1.54) is 0 Å². The number of hydrogen-bond acceptors (Lipinski definition) is 3. The van der Waals surface area contributed by atoms with Gasteiger partial charge in [0.15, 0.2) is 0 Å². The lowest BCUT2D eigenvalue weighted by molar-refractivity contribution is -0.165. The summed E-state index contributed by atoms with van der Waals surface area (Å²) in [6, 6.07) is 10.3. The molecule has 2 rings (SSSR count). The number of carbonyl (C=O) groups excluding carboxylic acids is 1. The Morgan fingerprint density at radius 3 is 2.45 bits per heavy atom. The molecule has 0 N–H and O–H groups in total. The monoisotopic (exact) mass is 275 g/mol. The van der Waals surface area contributed by atoms with Gasteiger partial charge in [0.2, 0.25) is 0 Å². The molecule has 1 atom stereocenters. The summed E-state index contributed by atoms with van der Waals surface area (Å²) in [6.07, 6.45) is 3.60. The molecule has 1 aliphatic carbocycles. The van der Waals surface area contributed by atoms with Crippen molar-refractivity contribution in [3.8, 4) is 0 Å². The maximum absolute atomic E-state index is 11.9. The third-order valence-corrected chi connectivity index (χ3v) is 4.01. The van der Waals surface area contributed by atoms with Crippen LogP contribution in [-0.2, 0) is 15.1 Å². The zero-order valence-electron chi connectivity index (χ0n) is 12.8. The predicted octanol–water partition coefficient (Wildman–Crippen LogP) is 3.20. The number of ether oxygens (including phenoxy) is 1. The highest BCUT2D eigenvalue weighted by Crippen LogP contribution is 2.50. The van der Waals surface area contributed by atoms with E-state index in [0.717, 1.165) is 31.4 Å². The molecule has 0 heterocycles. The van der Waals surface area contributed by atoms with Crippen molar-refractivity contribution in [3.63, 3.8) is 0 Å². The minimum absolute atomic E-state index is 0.0977. The maximum atomic E-state index is 11.9. The van der Waals surface area contributed by atoms with Crippen LogP contribution in [0.5, 0.6) is 0 Å². The van der Waals surface area contributed by atoms with Gasteiger partial charge in [0.05, 0.1) is 0 Å². The van der Waals surface area contributed by atoms with Gasteiger partial charge in [-0.15, -0.1) is 0 Å². The number of nitrogens with zero attached hydrogens (tertiary/aromatic N) is 1. The molecule has 0 aliphatic heterocycles. The first kappa shape index (κ1) is 15.0. The van der Waals surface area contributed by atoms with Crippen LogP contribution in [0.15, 0.2) is 30.3 Å². The van der Waals surface area contributed by atoms with Crippen LogP contribution in [-0.4, -0.2) is 31.5 Å². The molecule has 1 aromatic rings. The Morgan fingerprint density at radius 2 is 1.95 bits per heavy atom. The van der Waals surface area contributed by atoms with Crippen LogP contribution in [0.4, 0.5) is 0 Å². The maximum Gasteiger partial charge on any atom is 0.306 e. The quantitative estimate of drug-likeness (QED) is 0.716. The number of hydrogen-bond donors (Lipinski definition) is 0. The lowest BCUT2D eigenvalue weighted by Gasteiger charge is -2.35. The molecule has 20 heavy (non-hydrogen) atoms. The van der Waals surface area contributed by atoms with E-state index in [2.05, 4.69) is 31.1 Å². The van der Waals surface area contributed by atoms with E-state index in [9.17, 15) is 4.79 Å². The zero-order chi connectivity index (χ0) is 14.6. The van der Waals surface area contributed by atoms with Crippen LogP contribution in [0.1, 0.15) is 38.2 Å². The molecular formula is C17H25NO2. The minimum atomic E-state index is -0.432. The van der Waals surface area contributed by atoms with Crippen molar-refractivity contribution >= 4 is 5.97 Å². The van der Waals surface area contributed by atoms with Crippen LogP contribution >= 0.6 is 0 Å². The Balaban J connectivity index is 2.30. The molecule has 3 nitrogen and oxygen atoms in total. The Bertz CT molecular complexity index is 440. The molecule has 1 aliphatic rings. The van der Waals surface area contributed by atoms with Crippen LogP contribution in [0, 0.1) is 5.92 Å². The average Bonchev–Trinajstić information content (AvgIpc) is 3.29. The first-order chi connectivity index (χ1) is 9.58. The lowest BCUT2D eigenvalue weighted by atomic mass is 9.85. The molecule has 1 unspecified atom stereocenters. The van der Waals surface area contributed by atoms with Crippen molar-refractivity contribution < 1.29 is 9.53 Å². The predicted molar refractivity (Wildman–Crippen MR) is 80.4 cm³/mol. The molecule has 1 aromatic carbocycles. The van der Waals surface area contributed by atoms with Crippen molar-refractivity contribution in [2.45, 2.75) is 38.2 Å². The summed E-state index contributed by atoms with van der Waals surface area (Å²) < 4.78 is 5.98. The van der Waals surface area contributed by atoms with Gasteiger partial charge in [-0.3, -0.25) is 4.79 Å². The molecule has 0 aromatic heterocycles. The van der Waals surface area contributed by atoms with Gasteiger partial charge in [0.25, 0.3) is 0 Å². The van der Waals surface area contributed by atoms with Gasteiger partial charge in [-0.1, -0.05) is 37.3 Å². The second kappa shape index (κ2) is 6.40. The van der Waals surface area contributed by atoms with Crippen molar-refractivity contribution in [1.29, 1.82) is 0 Å². The lowest BCUT2D eigenvalue weighted by Crippen LogP contribution is -2.37. The summed E-state index contributed by atoms with van der Waals surface area (Å²) in [7, 11) is 4.12. The molecular weight excluding hydrogens is 250 g/mol. The minimum Gasteiger partial charge on any atom is -0.454 e. The second-order valence-corrected chi connectivity index (χ2v) is 5.91. The topological polar surface area (TPSA) is 29.5 Å². The van der Waals surface area contributed by atoms with Gasteiger partial charge < -0.3 is 9.64 Å². The summed E-state index contributed by atoms with van der Waals surface area (Å²) in [6.45, 7) is 2.78. The second-order valence-electron chi connectivity index (χ2n) is 5.91. The molecule has 1 fully saturated rings. The molecule has 110 valence electrons. The first-order valence-corrected chi connectivity index (χ1v) is 7.50. The molecule has 3 heteroatoms. The third kappa shape index (κ3) is 3.40. The van der Waals surface area contributed by atoms with Crippen LogP contribution < -0.4 is 0 Å². The van der Waals surface area contributed by atoms with Gasteiger partial charge in [0, 0.05) is 25.3 Å². The van der Waals surface area contributed by atoms with E-state index in [4.69, 9.17) is 4.74 Å². The standard InChI is InChI=1S/C17H25NO2/c1-4-16(19)20-17(15-10-11-15,12-13-18(2)3)14-8-6-5-7-9-14/h5-9,15H,4,10-13H2,1-3H3. The van der Waals surface area contributed by atoms with E-state index in [1.54, 1.807) is 0 Å². The molecule has 0 radical (unpaired) electrons. The SMILES string of the molecule is CCC(=O)OC(CCN(C)C)(c1ccccc1)C1CC1. The Morgan fingerprint density at radius 1 is 1.30 bits per heavy atom. The molecule has 0 spiro atoms. The highest BCUT2D eigenvalue weighted by atomic mass is 16.6. The van der Waals surface area contributed by atoms with Crippen molar-refractivity contribution in [3.05, 3.63) is 35.9 Å². The molecule has 0 bridgehead atoms. The molecule has 1 saturated carbocycles. The molecule has 0 saturated heterocycles.